The Hall–Kier alpha value is -0.610. The lowest BCUT2D eigenvalue weighted by Gasteiger charge is -2.21. The predicted molar refractivity (Wildman–Crippen MR) is 45.4 cm³/mol. The van der Waals surface area contributed by atoms with Gasteiger partial charge < -0.3 is 5.32 Å². The molecule has 0 bridgehead atoms. The largest absolute Gasteiger partial charge is 0.316 e. The Balaban J connectivity index is 2.20. The van der Waals surface area contributed by atoms with Gasteiger partial charge in [0.2, 0.25) is 5.91 Å². The number of amides is 1. The summed E-state index contributed by atoms with van der Waals surface area (Å²) in [6.07, 6.45) is 2.04. The highest BCUT2D eigenvalue weighted by molar-refractivity contribution is 5.77. The number of carbonyl (C=O) groups is 1. The molecule has 1 unspecified atom stereocenters. The molecule has 1 rings (SSSR count). The van der Waals surface area contributed by atoms with E-state index in [2.05, 4.69) is 10.8 Å². The average Bonchev–Trinajstić information content (AvgIpc) is 2.15. The van der Waals surface area contributed by atoms with E-state index in [9.17, 15) is 4.79 Å². The van der Waals surface area contributed by atoms with Gasteiger partial charge in [0.1, 0.15) is 0 Å². The highest BCUT2D eigenvalue weighted by atomic mass is 16.6. The minimum atomic E-state index is 0.00375. The first kappa shape index (κ1) is 9.48. The van der Waals surface area contributed by atoms with Gasteiger partial charge in [-0.05, 0) is 26.3 Å². The molecule has 0 saturated carbocycles. The van der Waals surface area contributed by atoms with Gasteiger partial charge in [0.25, 0.3) is 0 Å². The molecule has 0 aliphatic carbocycles. The van der Waals surface area contributed by atoms with E-state index in [1.165, 1.54) is 0 Å². The van der Waals surface area contributed by atoms with Gasteiger partial charge in [-0.2, -0.15) is 0 Å². The average molecular weight is 172 g/mol. The molecule has 1 saturated heterocycles. The summed E-state index contributed by atoms with van der Waals surface area (Å²) in [5, 5.41) is 3.18. The molecular formula is C8H16N2O2. The van der Waals surface area contributed by atoms with Crippen molar-refractivity contribution in [3.63, 3.8) is 0 Å². The van der Waals surface area contributed by atoms with Crippen molar-refractivity contribution in [3.8, 4) is 0 Å². The minimum Gasteiger partial charge on any atom is -0.316 e. The van der Waals surface area contributed by atoms with E-state index in [-0.39, 0.29) is 11.8 Å². The SMILES string of the molecule is CCONC(=O)C1CCCNC1. The van der Waals surface area contributed by atoms with E-state index in [1.807, 2.05) is 6.92 Å². The fourth-order valence-electron chi connectivity index (χ4n) is 1.30. The van der Waals surface area contributed by atoms with Gasteiger partial charge in [0.15, 0.2) is 0 Å². The van der Waals surface area contributed by atoms with Crippen molar-refractivity contribution < 1.29 is 9.63 Å². The fourth-order valence-corrected chi connectivity index (χ4v) is 1.30. The Morgan fingerprint density at radius 3 is 3.17 bits per heavy atom. The Labute approximate surface area is 72.6 Å². The standard InChI is InChI=1S/C8H16N2O2/c1-2-12-10-8(11)7-4-3-5-9-6-7/h7,9H,2-6H2,1H3,(H,10,11). The molecule has 2 N–H and O–H groups in total. The van der Waals surface area contributed by atoms with E-state index < -0.39 is 0 Å². The topological polar surface area (TPSA) is 50.4 Å². The van der Waals surface area contributed by atoms with Crippen molar-refractivity contribution in [1.29, 1.82) is 0 Å². The van der Waals surface area contributed by atoms with Gasteiger partial charge in [-0.3, -0.25) is 9.63 Å². The normalized spacial score (nSPS) is 23.6. The Bertz CT molecular complexity index is 144. The second kappa shape index (κ2) is 5.11. The van der Waals surface area contributed by atoms with Crippen molar-refractivity contribution >= 4 is 5.91 Å². The number of carbonyl (C=O) groups excluding carboxylic acids is 1. The van der Waals surface area contributed by atoms with Crippen LogP contribution in [0, 0.1) is 5.92 Å². The fraction of sp³-hybridized carbons (Fsp3) is 0.875. The molecule has 1 heterocycles. The highest BCUT2D eigenvalue weighted by Gasteiger charge is 2.20. The molecule has 4 nitrogen and oxygen atoms in total. The number of hydrogen-bond acceptors (Lipinski definition) is 3. The number of hydrogen-bond donors (Lipinski definition) is 2. The lowest BCUT2D eigenvalue weighted by Crippen LogP contribution is -2.40. The van der Waals surface area contributed by atoms with Gasteiger partial charge >= 0.3 is 0 Å². The van der Waals surface area contributed by atoms with Gasteiger partial charge in [0, 0.05) is 6.54 Å². The molecule has 1 atom stereocenters. The van der Waals surface area contributed by atoms with Crippen LogP contribution in [0.5, 0.6) is 0 Å². The molecule has 4 heteroatoms. The minimum absolute atomic E-state index is 0.00375. The molecule has 0 aromatic carbocycles. The maximum absolute atomic E-state index is 11.3. The van der Waals surface area contributed by atoms with Crippen LogP contribution in [0.25, 0.3) is 0 Å². The van der Waals surface area contributed by atoms with Crippen molar-refractivity contribution in [2.75, 3.05) is 19.7 Å². The summed E-state index contributed by atoms with van der Waals surface area (Å²) >= 11 is 0. The van der Waals surface area contributed by atoms with Crippen LogP contribution in [0.4, 0.5) is 0 Å². The lowest BCUT2D eigenvalue weighted by atomic mass is 9.99. The van der Waals surface area contributed by atoms with Crippen LogP contribution in [-0.2, 0) is 9.63 Å². The van der Waals surface area contributed by atoms with Gasteiger partial charge in [-0.25, -0.2) is 5.48 Å². The molecular weight excluding hydrogens is 156 g/mol. The number of piperidine rings is 1. The molecule has 0 spiro atoms. The van der Waals surface area contributed by atoms with Crippen LogP contribution in [0.3, 0.4) is 0 Å². The first-order valence-corrected chi connectivity index (χ1v) is 4.47. The monoisotopic (exact) mass is 172 g/mol. The van der Waals surface area contributed by atoms with Gasteiger partial charge in [0.05, 0.1) is 12.5 Å². The smallest absolute Gasteiger partial charge is 0.247 e. The lowest BCUT2D eigenvalue weighted by molar-refractivity contribution is -0.137. The molecule has 0 aromatic heterocycles. The second-order valence-electron chi connectivity index (χ2n) is 2.94. The third-order valence-corrected chi connectivity index (χ3v) is 1.98. The Morgan fingerprint density at radius 1 is 1.75 bits per heavy atom. The molecule has 0 aromatic rings. The van der Waals surface area contributed by atoms with E-state index in [1.54, 1.807) is 0 Å². The van der Waals surface area contributed by atoms with E-state index in [0.717, 1.165) is 25.9 Å². The Kier molecular flexibility index (Phi) is 4.04. The maximum atomic E-state index is 11.3. The van der Waals surface area contributed by atoms with Crippen LogP contribution < -0.4 is 10.8 Å². The summed E-state index contributed by atoms with van der Waals surface area (Å²) in [5.74, 6) is 0.0920. The summed E-state index contributed by atoms with van der Waals surface area (Å²) in [4.78, 5) is 16.1. The van der Waals surface area contributed by atoms with Crippen molar-refractivity contribution in [3.05, 3.63) is 0 Å². The van der Waals surface area contributed by atoms with Crippen molar-refractivity contribution in [2.45, 2.75) is 19.8 Å². The zero-order chi connectivity index (χ0) is 8.81. The van der Waals surface area contributed by atoms with Gasteiger partial charge in [-0.15, -0.1) is 0 Å². The van der Waals surface area contributed by atoms with Crippen LogP contribution in [0.2, 0.25) is 0 Å². The third-order valence-electron chi connectivity index (χ3n) is 1.98. The molecule has 70 valence electrons. The molecule has 1 fully saturated rings. The third kappa shape index (κ3) is 2.79. The number of hydroxylamine groups is 1. The van der Waals surface area contributed by atoms with Crippen LogP contribution in [0.1, 0.15) is 19.8 Å². The number of nitrogens with one attached hydrogen (secondary N) is 2. The highest BCUT2D eigenvalue weighted by Crippen LogP contribution is 2.09. The summed E-state index contributed by atoms with van der Waals surface area (Å²) in [6.45, 7) is 4.17. The van der Waals surface area contributed by atoms with Gasteiger partial charge in [-0.1, -0.05) is 0 Å². The predicted octanol–water partition coefficient (Wildman–Crippen LogP) is 0.0537. The molecule has 1 aliphatic heterocycles. The maximum Gasteiger partial charge on any atom is 0.247 e. The van der Waals surface area contributed by atoms with Crippen LogP contribution >= 0.6 is 0 Å². The van der Waals surface area contributed by atoms with E-state index in [4.69, 9.17) is 4.84 Å². The zero-order valence-corrected chi connectivity index (χ0v) is 7.43. The molecule has 1 aliphatic rings. The quantitative estimate of drug-likeness (QED) is 0.592. The van der Waals surface area contributed by atoms with Crippen LogP contribution in [0.15, 0.2) is 0 Å². The summed E-state index contributed by atoms with van der Waals surface area (Å²) in [6, 6.07) is 0. The zero-order valence-electron chi connectivity index (χ0n) is 7.43. The first-order chi connectivity index (χ1) is 5.84. The number of rotatable bonds is 3. The molecule has 0 radical (unpaired) electrons. The summed E-state index contributed by atoms with van der Waals surface area (Å²) < 4.78 is 0. The first-order valence-electron chi connectivity index (χ1n) is 4.47. The summed E-state index contributed by atoms with van der Waals surface area (Å²) in [7, 11) is 0. The molecule has 12 heavy (non-hydrogen) atoms. The van der Waals surface area contributed by atoms with Crippen LogP contribution in [-0.4, -0.2) is 25.6 Å². The van der Waals surface area contributed by atoms with E-state index in [0.29, 0.717) is 6.61 Å². The van der Waals surface area contributed by atoms with E-state index >= 15 is 0 Å². The Morgan fingerprint density at radius 2 is 2.58 bits per heavy atom. The van der Waals surface area contributed by atoms with Crippen molar-refractivity contribution in [1.82, 2.24) is 10.8 Å². The van der Waals surface area contributed by atoms with Crippen molar-refractivity contribution in [2.24, 2.45) is 5.92 Å². The second-order valence-corrected chi connectivity index (χ2v) is 2.94. The summed E-state index contributed by atoms with van der Waals surface area (Å²) in [5.41, 5.74) is 2.42. The molecule has 1 amide bonds.